The number of ether oxygens (including phenoxy) is 2. The first kappa shape index (κ1) is 23.5. The highest BCUT2D eigenvalue weighted by Crippen LogP contribution is 2.24. The van der Waals surface area contributed by atoms with Gasteiger partial charge in [0.05, 0.1) is 19.6 Å². The van der Waals surface area contributed by atoms with Gasteiger partial charge < -0.3 is 19.7 Å². The zero-order chi connectivity index (χ0) is 19.1. The van der Waals surface area contributed by atoms with Gasteiger partial charge >= 0.3 is 5.97 Å². The normalized spacial score (nSPS) is 19.6. The van der Waals surface area contributed by atoms with E-state index in [4.69, 9.17) is 9.47 Å². The molecule has 6 nitrogen and oxygen atoms in total. The summed E-state index contributed by atoms with van der Waals surface area (Å²) >= 11 is 0. The lowest BCUT2D eigenvalue weighted by molar-refractivity contribution is -0.145. The molecule has 27 heavy (non-hydrogen) atoms. The summed E-state index contributed by atoms with van der Waals surface area (Å²) in [6, 6.07) is 8.04. The van der Waals surface area contributed by atoms with Crippen molar-refractivity contribution >= 4 is 35.9 Å². The minimum absolute atomic E-state index is 0. The Morgan fingerprint density at radius 1 is 1.33 bits per heavy atom. The number of rotatable bonds is 6. The summed E-state index contributed by atoms with van der Waals surface area (Å²) in [6.07, 6.45) is 0. The van der Waals surface area contributed by atoms with Crippen LogP contribution in [0.2, 0.25) is 0 Å². The predicted molar refractivity (Wildman–Crippen MR) is 119 cm³/mol. The molecule has 2 rings (SSSR count). The van der Waals surface area contributed by atoms with E-state index in [2.05, 4.69) is 42.0 Å². The molecule has 1 aliphatic rings. The van der Waals surface area contributed by atoms with Crippen LogP contribution in [-0.2, 0) is 16.1 Å². The van der Waals surface area contributed by atoms with Crippen LogP contribution in [0, 0.1) is 17.8 Å². The van der Waals surface area contributed by atoms with E-state index in [1.54, 1.807) is 7.05 Å². The number of halogens is 1. The summed E-state index contributed by atoms with van der Waals surface area (Å²) in [6.45, 7) is 9.06. The lowest BCUT2D eigenvalue weighted by atomic mass is 9.99. The van der Waals surface area contributed by atoms with Crippen LogP contribution in [0.15, 0.2) is 29.3 Å². The number of para-hydroxylation sites is 1. The lowest BCUT2D eigenvalue weighted by Gasteiger charge is -2.22. The Balaban J connectivity index is 0.00000364. The first-order valence-electron chi connectivity index (χ1n) is 9.20. The number of nitrogens with one attached hydrogen (secondary N) is 1. The van der Waals surface area contributed by atoms with Gasteiger partial charge in [-0.05, 0) is 17.9 Å². The first-order valence-corrected chi connectivity index (χ1v) is 9.20. The fourth-order valence-corrected chi connectivity index (χ4v) is 3.15. The van der Waals surface area contributed by atoms with E-state index in [9.17, 15) is 4.79 Å². The number of nitrogens with zero attached hydrogens (tertiary/aromatic N) is 2. The SMILES string of the molecule is CN=C(NCc1ccccc1OCC(C)C)N1CC(C)C(C(=O)OC)C1.I. The van der Waals surface area contributed by atoms with Crippen LogP contribution in [0.5, 0.6) is 5.75 Å². The number of hydrogen-bond acceptors (Lipinski definition) is 4. The zero-order valence-electron chi connectivity index (χ0n) is 16.9. The van der Waals surface area contributed by atoms with Gasteiger partial charge in [-0.3, -0.25) is 9.79 Å². The van der Waals surface area contributed by atoms with Gasteiger partial charge in [-0.1, -0.05) is 39.0 Å². The zero-order valence-corrected chi connectivity index (χ0v) is 19.2. The molecule has 0 saturated carbocycles. The lowest BCUT2D eigenvalue weighted by Crippen LogP contribution is -2.40. The third-order valence-electron chi connectivity index (χ3n) is 4.61. The van der Waals surface area contributed by atoms with Gasteiger partial charge in [-0.2, -0.15) is 0 Å². The maximum Gasteiger partial charge on any atom is 0.310 e. The minimum Gasteiger partial charge on any atom is -0.493 e. The highest BCUT2D eigenvalue weighted by molar-refractivity contribution is 14.0. The molecular weight excluding hydrogens is 457 g/mol. The minimum atomic E-state index is -0.150. The van der Waals surface area contributed by atoms with E-state index < -0.39 is 0 Å². The summed E-state index contributed by atoms with van der Waals surface area (Å²) < 4.78 is 10.8. The van der Waals surface area contributed by atoms with Gasteiger partial charge in [0, 0.05) is 32.2 Å². The van der Waals surface area contributed by atoms with Crippen molar-refractivity contribution in [2.24, 2.45) is 22.7 Å². The molecule has 2 atom stereocenters. The van der Waals surface area contributed by atoms with Crippen molar-refractivity contribution in [3.63, 3.8) is 0 Å². The fourth-order valence-electron chi connectivity index (χ4n) is 3.15. The van der Waals surface area contributed by atoms with Crippen LogP contribution in [-0.4, -0.2) is 50.7 Å². The standard InChI is InChI=1S/C20H31N3O3.HI/c1-14(2)13-26-18-9-7-6-8-16(18)10-22-20(21-4)23-11-15(3)17(12-23)19(24)25-5;/h6-9,14-15,17H,10-13H2,1-5H3,(H,21,22);1H. The Morgan fingerprint density at radius 2 is 2.04 bits per heavy atom. The maximum absolute atomic E-state index is 11.9. The summed E-state index contributed by atoms with van der Waals surface area (Å²) in [5.74, 6) is 2.14. The largest absolute Gasteiger partial charge is 0.493 e. The Kier molecular flexibility index (Phi) is 9.90. The molecule has 0 aromatic heterocycles. The molecule has 0 spiro atoms. The van der Waals surface area contributed by atoms with Crippen LogP contribution in [0.3, 0.4) is 0 Å². The molecule has 0 bridgehead atoms. The molecule has 1 aromatic rings. The molecule has 1 fully saturated rings. The average molecular weight is 489 g/mol. The van der Waals surface area contributed by atoms with Crippen LogP contribution >= 0.6 is 24.0 Å². The predicted octanol–water partition coefficient (Wildman–Crippen LogP) is 3.16. The van der Waals surface area contributed by atoms with Crippen molar-refractivity contribution in [3.8, 4) is 5.75 Å². The number of hydrogen-bond donors (Lipinski definition) is 1. The average Bonchev–Trinajstić information content (AvgIpc) is 3.02. The van der Waals surface area contributed by atoms with Crippen molar-refractivity contribution in [1.82, 2.24) is 10.2 Å². The molecular formula is C20H32IN3O3. The molecule has 1 aromatic carbocycles. The molecule has 0 amide bonds. The molecule has 0 radical (unpaired) electrons. The van der Waals surface area contributed by atoms with Gasteiger partial charge in [0.25, 0.3) is 0 Å². The molecule has 1 heterocycles. The summed E-state index contributed by atoms with van der Waals surface area (Å²) in [5, 5.41) is 3.40. The second-order valence-electron chi connectivity index (χ2n) is 7.23. The van der Waals surface area contributed by atoms with Crippen molar-refractivity contribution in [3.05, 3.63) is 29.8 Å². The van der Waals surface area contributed by atoms with Crippen molar-refractivity contribution in [1.29, 1.82) is 0 Å². The number of esters is 1. The number of methoxy groups -OCH3 is 1. The van der Waals surface area contributed by atoms with Crippen LogP contribution in [0.4, 0.5) is 0 Å². The number of carbonyl (C=O) groups is 1. The van der Waals surface area contributed by atoms with Crippen molar-refractivity contribution < 1.29 is 14.3 Å². The van der Waals surface area contributed by atoms with E-state index in [1.165, 1.54) is 7.11 Å². The van der Waals surface area contributed by atoms with Gasteiger partial charge in [-0.15, -0.1) is 24.0 Å². The maximum atomic E-state index is 11.9. The molecule has 152 valence electrons. The second-order valence-corrected chi connectivity index (χ2v) is 7.23. The van der Waals surface area contributed by atoms with E-state index in [1.807, 2.05) is 18.2 Å². The number of guanidine groups is 1. The van der Waals surface area contributed by atoms with Crippen LogP contribution in [0.1, 0.15) is 26.3 Å². The number of aliphatic imine (C=N–C) groups is 1. The Hall–Kier alpha value is -1.51. The molecule has 1 saturated heterocycles. The molecule has 1 N–H and O–H groups in total. The molecule has 0 aliphatic carbocycles. The van der Waals surface area contributed by atoms with Crippen molar-refractivity contribution in [2.45, 2.75) is 27.3 Å². The van der Waals surface area contributed by atoms with Gasteiger partial charge in [0.15, 0.2) is 5.96 Å². The Bertz CT molecular complexity index is 637. The van der Waals surface area contributed by atoms with E-state index >= 15 is 0 Å². The molecule has 1 aliphatic heterocycles. The highest BCUT2D eigenvalue weighted by atomic mass is 127. The van der Waals surface area contributed by atoms with Crippen LogP contribution in [0.25, 0.3) is 0 Å². The topological polar surface area (TPSA) is 63.2 Å². The van der Waals surface area contributed by atoms with E-state index in [0.717, 1.165) is 23.8 Å². The van der Waals surface area contributed by atoms with Gasteiger partial charge in [-0.25, -0.2) is 0 Å². The third kappa shape index (κ3) is 6.55. The van der Waals surface area contributed by atoms with E-state index in [-0.39, 0.29) is 41.8 Å². The highest BCUT2D eigenvalue weighted by Gasteiger charge is 2.36. The third-order valence-corrected chi connectivity index (χ3v) is 4.61. The number of carbonyl (C=O) groups excluding carboxylic acids is 1. The monoisotopic (exact) mass is 489 g/mol. The quantitative estimate of drug-likeness (QED) is 0.288. The molecule has 7 heteroatoms. The summed E-state index contributed by atoms with van der Waals surface area (Å²) in [5.41, 5.74) is 1.09. The van der Waals surface area contributed by atoms with Gasteiger partial charge in [0.2, 0.25) is 0 Å². The smallest absolute Gasteiger partial charge is 0.310 e. The number of likely N-dealkylation sites (tertiary alicyclic amines) is 1. The Labute approximate surface area is 179 Å². The fraction of sp³-hybridized carbons (Fsp3) is 0.600. The van der Waals surface area contributed by atoms with E-state index in [0.29, 0.717) is 25.6 Å². The van der Waals surface area contributed by atoms with Gasteiger partial charge in [0.1, 0.15) is 5.75 Å². The van der Waals surface area contributed by atoms with Crippen LogP contribution < -0.4 is 10.1 Å². The first-order chi connectivity index (χ1) is 12.5. The summed E-state index contributed by atoms with van der Waals surface area (Å²) in [4.78, 5) is 18.4. The van der Waals surface area contributed by atoms with Crippen molar-refractivity contribution in [2.75, 3.05) is 33.9 Å². The summed E-state index contributed by atoms with van der Waals surface area (Å²) in [7, 11) is 3.21. The second kappa shape index (κ2) is 11.4. The number of benzene rings is 1. The Morgan fingerprint density at radius 3 is 2.67 bits per heavy atom. The molecule has 2 unspecified atom stereocenters.